The fourth-order valence-corrected chi connectivity index (χ4v) is 5.67. The number of aryl methyl sites for hydroxylation is 1. The van der Waals surface area contributed by atoms with Crippen LogP contribution in [-0.2, 0) is 12.8 Å². The summed E-state index contributed by atoms with van der Waals surface area (Å²) in [6.07, 6.45) is 5.04. The lowest BCUT2D eigenvalue weighted by molar-refractivity contribution is 0.102. The van der Waals surface area contributed by atoms with E-state index in [1.54, 1.807) is 41.9 Å². The Bertz CT molecular complexity index is 936. The highest BCUT2D eigenvalue weighted by Gasteiger charge is 2.23. The van der Waals surface area contributed by atoms with E-state index in [1.165, 1.54) is 34.0 Å². The number of ketones is 1. The predicted octanol–water partition coefficient (Wildman–Crippen LogP) is 5.44. The first-order chi connectivity index (χ1) is 12.1. The van der Waals surface area contributed by atoms with Crippen molar-refractivity contribution in [2.45, 2.75) is 31.2 Å². The van der Waals surface area contributed by atoms with Gasteiger partial charge in [-0.3, -0.25) is 4.79 Å². The molecule has 3 nitrogen and oxygen atoms in total. The van der Waals surface area contributed by atoms with Crippen molar-refractivity contribution < 1.29 is 4.79 Å². The van der Waals surface area contributed by atoms with E-state index in [2.05, 4.69) is 16.9 Å². The van der Waals surface area contributed by atoms with E-state index < -0.39 is 0 Å². The Morgan fingerprint density at radius 2 is 2.12 bits per heavy atom. The van der Waals surface area contributed by atoms with Crippen LogP contribution in [0.3, 0.4) is 0 Å². The van der Waals surface area contributed by atoms with Crippen LogP contribution in [0.15, 0.2) is 35.6 Å². The molecule has 1 aliphatic carbocycles. The van der Waals surface area contributed by atoms with Gasteiger partial charge < -0.3 is 0 Å². The second-order valence-electron chi connectivity index (χ2n) is 6.43. The van der Waals surface area contributed by atoms with Crippen LogP contribution in [0.25, 0.3) is 10.2 Å². The Labute approximate surface area is 159 Å². The van der Waals surface area contributed by atoms with Crippen LogP contribution in [-0.4, -0.2) is 21.5 Å². The number of fused-ring (bicyclic) bond motifs is 3. The molecule has 0 bridgehead atoms. The average Bonchev–Trinajstić information content (AvgIpc) is 2.98. The highest BCUT2D eigenvalue weighted by molar-refractivity contribution is 8.00. The van der Waals surface area contributed by atoms with Crippen LogP contribution in [0.2, 0.25) is 5.02 Å². The van der Waals surface area contributed by atoms with Crippen LogP contribution in [0, 0.1) is 5.92 Å². The summed E-state index contributed by atoms with van der Waals surface area (Å²) >= 11 is 9.18. The standard InChI is InChI=1S/C19H17ClN2OS2/c1-11-2-7-14-16(8-11)25-19-17(14)18(21-10-22-19)24-9-15(23)12-3-5-13(20)6-4-12/h3-6,10-11H,2,7-9H2,1H3/t11-/m0/s1. The fourth-order valence-electron chi connectivity index (χ4n) is 3.21. The van der Waals surface area contributed by atoms with Gasteiger partial charge in [0.25, 0.3) is 0 Å². The number of thiophene rings is 1. The zero-order valence-electron chi connectivity index (χ0n) is 13.8. The second-order valence-corrected chi connectivity index (χ2v) is 8.91. The Balaban J connectivity index is 1.59. The molecule has 0 amide bonds. The number of carbonyl (C=O) groups is 1. The summed E-state index contributed by atoms with van der Waals surface area (Å²) in [4.78, 5) is 23.9. The first-order valence-electron chi connectivity index (χ1n) is 8.28. The van der Waals surface area contributed by atoms with Gasteiger partial charge >= 0.3 is 0 Å². The second kappa shape index (κ2) is 7.06. The van der Waals surface area contributed by atoms with Crippen LogP contribution in [0.4, 0.5) is 0 Å². The van der Waals surface area contributed by atoms with Gasteiger partial charge in [0, 0.05) is 20.8 Å². The molecule has 0 spiro atoms. The fraction of sp³-hybridized carbons (Fsp3) is 0.316. The molecule has 25 heavy (non-hydrogen) atoms. The minimum absolute atomic E-state index is 0.0890. The summed E-state index contributed by atoms with van der Waals surface area (Å²) in [7, 11) is 0. The zero-order chi connectivity index (χ0) is 17.4. The molecule has 0 radical (unpaired) electrons. The molecule has 3 aromatic rings. The quantitative estimate of drug-likeness (QED) is 0.339. The number of aromatic nitrogens is 2. The van der Waals surface area contributed by atoms with E-state index in [0.29, 0.717) is 16.3 Å². The zero-order valence-corrected chi connectivity index (χ0v) is 16.2. The molecule has 1 atom stereocenters. The van der Waals surface area contributed by atoms with Crippen molar-refractivity contribution >= 4 is 50.7 Å². The molecule has 2 aromatic heterocycles. The van der Waals surface area contributed by atoms with Crippen molar-refractivity contribution in [1.82, 2.24) is 9.97 Å². The van der Waals surface area contributed by atoms with Gasteiger partial charge in [-0.05, 0) is 55.0 Å². The first kappa shape index (κ1) is 17.0. The SMILES string of the molecule is C[C@H]1CCc2c(sc3ncnc(SCC(=O)c4ccc(Cl)cc4)c23)C1. The molecule has 4 rings (SSSR count). The lowest BCUT2D eigenvalue weighted by atomic mass is 9.89. The van der Waals surface area contributed by atoms with E-state index in [-0.39, 0.29) is 5.78 Å². The third-order valence-electron chi connectivity index (χ3n) is 4.56. The van der Waals surface area contributed by atoms with E-state index in [0.717, 1.165) is 28.6 Å². The molecule has 128 valence electrons. The Kier molecular flexibility index (Phi) is 4.80. The summed E-state index contributed by atoms with van der Waals surface area (Å²) in [5.74, 6) is 1.19. The smallest absolute Gasteiger partial charge is 0.173 e. The molecule has 0 saturated heterocycles. The number of benzene rings is 1. The largest absolute Gasteiger partial charge is 0.293 e. The lowest BCUT2D eigenvalue weighted by Crippen LogP contribution is -2.09. The summed E-state index contributed by atoms with van der Waals surface area (Å²) in [5.41, 5.74) is 2.09. The number of thioether (sulfide) groups is 1. The minimum Gasteiger partial charge on any atom is -0.293 e. The molecule has 0 fully saturated rings. The lowest BCUT2D eigenvalue weighted by Gasteiger charge is -2.18. The van der Waals surface area contributed by atoms with Crippen LogP contribution in [0.5, 0.6) is 0 Å². The maximum absolute atomic E-state index is 12.4. The summed E-state index contributed by atoms with van der Waals surface area (Å²) < 4.78 is 0. The molecule has 0 saturated carbocycles. The predicted molar refractivity (Wildman–Crippen MR) is 105 cm³/mol. The van der Waals surface area contributed by atoms with Crippen LogP contribution < -0.4 is 0 Å². The van der Waals surface area contributed by atoms with Gasteiger partial charge in [-0.15, -0.1) is 11.3 Å². The van der Waals surface area contributed by atoms with Crippen LogP contribution >= 0.6 is 34.7 Å². The molecule has 2 heterocycles. The Hall–Kier alpha value is -1.43. The van der Waals surface area contributed by atoms with Gasteiger partial charge in [0.15, 0.2) is 5.78 Å². The third kappa shape index (κ3) is 3.46. The highest BCUT2D eigenvalue weighted by atomic mass is 35.5. The number of hydrogen-bond acceptors (Lipinski definition) is 5. The number of hydrogen-bond donors (Lipinski definition) is 0. The maximum Gasteiger partial charge on any atom is 0.173 e. The van der Waals surface area contributed by atoms with E-state index >= 15 is 0 Å². The van der Waals surface area contributed by atoms with Gasteiger partial charge in [-0.2, -0.15) is 0 Å². The molecular weight excluding hydrogens is 372 g/mol. The molecule has 1 aromatic carbocycles. The highest BCUT2D eigenvalue weighted by Crippen LogP contribution is 2.40. The normalized spacial score (nSPS) is 16.8. The number of rotatable bonds is 4. The first-order valence-corrected chi connectivity index (χ1v) is 10.5. The Morgan fingerprint density at radius 3 is 2.92 bits per heavy atom. The minimum atomic E-state index is 0.0890. The summed E-state index contributed by atoms with van der Waals surface area (Å²) in [6, 6.07) is 7.04. The number of carbonyl (C=O) groups excluding carboxylic acids is 1. The molecule has 0 N–H and O–H groups in total. The van der Waals surface area contributed by atoms with Crippen molar-refractivity contribution in [2.24, 2.45) is 5.92 Å². The third-order valence-corrected chi connectivity index (χ3v) is 6.97. The van der Waals surface area contributed by atoms with Crippen molar-refractivity contribution in [2.75, 3.05) is 5.75 Å². The average molecular weight is 389 g/mol. The van der Waals surface area contributed by atoms with Gasteiger partial charge in [-0.1, -0.05) is 30.3 Å². The van der Waals surface area contributed by atoms with E-state index in [9.17, 15) is 4.79 Å². The van der Waals surface area contributed by atoms with Crippen molar-refractivity contribution in [3.63, 3.8) is 0 Å². The molecule has 0 unspecified atom stereocenters. The Morgan fingerprint density at radius 1 is 1.32 bits per heavy atom. The van der Waals surface area contributed by atoms with Crippen molar-refractivity contribution in [3.05, 3.63) is 51.6 Å². The van der Waals surface area contributed by atoms with Gasteiger partial charge in [0.1, 0.15) is 16.2 Å². The van der Waals surface area contributed by atoms with E-state index in [4.69, 9.17) is 11.6 Å². The van der Waals surface area contributed by atoms with Crippen molar-refractivity contribution in [3.8, 4) is 0 Å². The summed E-state index contributed by atoms with van der Waals surface area (Å²) in [6.45, 7) is 2.31. The summed E-state index contributed by atoms with van der Waals surface area (Å²) in [5, 5.41) is 2.74. The van der Waals surface area contributed by atoms with Crippen molar-refractivity contribution in [1.29, 1.82) is 0 Å². The number of Topliss-reactive ketones (excluding diaryl/α,β-unsaturated/α-hetero) is 1. The number of halogens is 1. The van der Waals surface area contributed by atoms with Gasteiger partial charge in [0.05, 0.1) is 5.75 Å². The maximum atomic E-state index is 12.4. The van der Waals surface area contributed by atoms with Crippen LogP contribution in [0.1, 0.15) is 34.1 Å². The molecule has 0 aliphatic heterocycles. The van der Waals surface area contributed by atoms with Gasteiger partial charge in [-0.25, -0.2) is 9.97 Å². The molecule has 6 heteroatoms. The monoisotopic (exact) mass is 388 g/mol. The topological polar surface area (TPSA) is 42.9 Å². The van der Waals surface area contributed by atoms with Gasteiger partial charge in [0.2, 0.25) is 0 Å². The van der Waals surface area contributed by atoms with E-state index in [1.807, 2.05) is 0 Å². The molecular formula is C19H17ClN2OS2. The number of nitrogens with zero attached hydrogens (tertiary/aromatic N) is 2. The molecule has 1 aliphatic rings.